The molecule has 2 rings (SSSR count). The third-order valence-electron chi connectivity index (χ3n) is 3.40. The lowest BCUT2D eigenvalue weighted by atomic mass is 9.78. The highest BCUT2D eigenvalue weighted by Crippen LogP contribution is 2.29. The van der Waals surface area contributed by atoms with Crippen LogP contribution in [0.2, 0.25) is 0 Å². The van der Waals surface area contributed by atoms with Crippen LogP contribution in [-0.2, 0) is 6.42 Å². The van der Waals surface area contributed by atoms with Gasteiger partial charge in [0.25, 0.3) is 0 Å². The molecular formula is C13H17F2N. The van der Waals surface area contributed by atoms with E-state index in [-0.39, 0.29) is 11.4 Å². The highest BCUT2D eigenvalue weighted by Gasteiger charge is 2.28. The van der Waals surface area contributed by atoms with Gasteiger partial charge >= 0.3 is 0 Å². The van der Waals surface area contributed by atoms with E-state index in [2.05, 4.69) is 0 Å². The summed E-state index contributed by atoms with van der Waals surface area (Å²) in [6.07, 6.45) is 5.63. The number of halogens is 2. The molecule has 0 bridgehead atoms. The van der Waals surface area contributed by atoms with Crippen molar-refractivity contribution in [2.45, 2.75) is 44.1 Å². The summed E-state index contributed by atoms with van der Waals surface area (Å²) in [5, 5.41) is 0. The van der Waals surface area contributed by atoms with E-state index in [1.807, 2.05) is 0 Å². The maximum Gasteiger partial charge on any atom is 0.126 e. The van der Waals surface area contributed by atoms with Gasteiger partial charge in [-0.05, 0) is 43.0 Å². The van der Waals surface area contributed by atoms with E-state index in [0.717, 1.165) is 31.7 Å². The molecule has 0 radical (unpaired) electrons. The second kappa shape index (κ2) is 4.50. The molecule has 88 valence electrons. The van der Waals surface area contributed by atoms with Crippen molar-refractivity contribution in [2.24, 2.45) is 5.73 Å². The van der Waals surface area contributed by atoms with E-state index >= 15 is 0 Å². The monoisotopic (exact) mass is 225 g/mol. The smallest absolute Gasteiger partial charge is 0.126 e. The zero-order valence-electron chi connectivity index (χ0n) is 9.31. The first-order valence-electron chi connectivity index (χ1n) is 5.82. The number of nitrogens with two attached hydrogens (primary N) is 1. The average Bonchev–Trinajstić information content (AvgIpc) is 2.24. The van der Waals surface area contributed by atoms with Crippen LogP contribution in [-0.4, -0.2) is 5.54 Å². The fourth-order valence-corrected chi connectivity index (χ4v) is 2.49. The van der Waals surface area contributed by atoms with Gasteiger partial charge in [0.05, 0.1) is 0 Å². The van der Waals surface area contributed by atoms with Crippen LogP contribution >= 0.6 is 0 Å². The molecule has 0 amide bonds. The number of hydrogen-bond acceptors (Lipinski definition) is 1. The minimum Gasteiger partial charge on any atom is -0.325 e. The number of rotatable bonds is 2. The molecule has 1 aromatic rings. The van der Waals surface area contributed by atoms with Gasteiger partial charge in [-0.15, -0.1) is 0 Å². The van der Waals surface area contributed by atoms with Gasteiger partial charge in [-0.1, -0.05) is 19.3 Å². The molecule has 0 heterocycles. The van der Waals surface area contributed by atoms with Crippen LogP contribution < -0.4 is 5.73 Å². The molecule has 2 N–H and O–H groups in total. The maximum atomic E-state index is 13.5. The summed E-state index contributed by atoms with van der Waals surface area (Å²) in [7, 11) is 0. The summed E-state index contributed by atoms with van der Waals surface area (Å²) in [5.74, 6) is -0.743. The van der Waals surface area contributed by atoms with E-state index in [4.69, 9.17) is 5.73 Å². The summed E-state index contributed by atoms with van der Waals surface area (Å²) in [6.45, 7) is 0. The maximum absolute atomic E-state index is 13.5. The van der Waals surface area contributed by atoms with Gasteiger partial charge in [-0.25, -0.2) is 8.78 Å². The molecule has 1 fully saturated rings. The third-order valence-corrected chi connectivity index (χ3v) is 3.40. The van der Waals surface area contributed by atoms with E-state index in [1.54, 1.807) is 0 Å². The summed E-state index contributed by atoms with van der Waals surface area (Å²) in [4.78, 5) is 0. The zero-order valence-corrected chi connectivity index (χ0v) is 9.31. The zero-order chi connectivity index (χ0) is 11.6. The fraction of sp³-hybridized carbons (Fsp3) is 0.538. The molecule has 1 aromatic carbocycles. The van der Waals surface area contributed by atoms with E-state index in [1.165, 1.54) is 18.6 Å². The number of benzene rings is 1. The topological polar surface area (TPSA) is 26.0 Å². The lowest BCUT2D eigenvalue weighted by molar-refractivity contribution is 0.291. The SMILES string of the molecule is NC1(Cc2cc(F)ccc2F)CCCCC1. The molecule has 1 saturated carbocycles. The molecule has 0 aliphatic heterocycles. The quantitative estimate of drug-likeness (QED) is 0.822. The van der Waals surface area contributed by atoms with Crippen molar-refractivity contribution < 1.29 is 8.78 Å². The first kappa shape index (κ1) is 11.5. The minimum absolute atomic E-state index is 0.340. The second-order valence-electron chi connectivity index (χ2n) is 4.84. The van der Waals surface area contributed by atoms with Crippen molar-refractivity contribution in [1.82, 2.24) is 0 Å². The van der Waals surface area contributed by atoms with Gasteiger partial charge in [-0.3, -0.25) is 0 Å². The van der Waals surface area contributed by atoms with Gasteiger partial charge in [0, 0.05) is 5.54 Å². The Labute approximate surface area is 94.7 Å². The Morgan fingerprint density at radius 2 is 1.81 bits per heavy atom. The Balaban J connectivity index is 2.15. The highest BCUT2D eigenvalue weighted by atomic mass is 19.1. The molecule has 0 aromatic heterocycles. The first-order valence-corrected chi connectivity index (χ1v) is 5.82. The van der Waals surface area contributed by atoms with Crippen LogP contribution in [0.4, 0.5) is 8.78 Å². The first-order chi connectivity index (χ1) is 7.59. The van der Waals surface area contributed by atoms with Gasteiger partial charge in [0.2, 0.25) is 0 Å². The van der Waals surface area contributed by atoms with E-state index in [0.29, 0.717) is 12.0 Å². The molecule has 0 atom stereocenters. The van der Waals surface area contributed by atoms with Crippen LogP contribution in [0, 0.1) is 11.6 Å². The highest BCUT2D eigenvalue weighted by molar-refractivity contribution is 5.21. The lowest BCUT2D eigenvalue weighted by Crippen LogP contribution is -2.44. The van der Waals surface area contributed by atoms with E-state index < -0.39 is 5.82 Å². The standard InChI is InChI=1S/C13H17F2N/c14-11-4-5-12(15)10(8-11)9-13(16)6-2-1-3-7-13/h4-5,8H,1-3,6-7,9,16H2. The van der Waals surface area contributed by atoms with Gasteiger partial charge in [0.15, 0.2) is 0 Å². The lowest BCUT2D eigenvalue weighted by Gasteiger charge is -2.33. The van der Waals surface area contributed by atoms with Gasteiger partial charge < -0.3 is 5.73 Å². The Morgan fingerprint density at radius 3 is 2.50 bits per heavy atom. The normalized spacial score (nSPS) is 19.7. The Bertz CT molecular complexity index is 370. The predicted octanol–water partition coefficient (Wildman–Crippen LogP) is 3.17. The third kappa shape index (κ3) is 2.59. The van der Waals surface area contributed by atoms with E-state index in [9.17, 15) is 8.78 Å². The van der Waals surface area contributed by atoms with Crippen molar-refractivity contribution in [3.8, 4) is 0 Å². The summed E-state index contributed by atoms with van der Waals surface area (Å²) >= 11 is 0. The van der Waals surface area contributed by atoms with Gasteiger partial charge in [-0.2, -0.15) is 0 Å². The van der Waals surface area contributed by atoms with Crippen LogP contribution in [0.5, 0.6) is 0 Å². The summed E-state index contributed by atoms with van der Waals surface area (Å²) in [5.41, 5.74) is 6.29. The van der Waals surface area contributed by atoms with Crippen LogP contribution in [0.1, 0.15) is 37.7 Å². The molecule has 1 nitrogen and oxygen atoms in total. The molecule has 1 aliphatic carbocycles. The molecule has 0 saturated heterocycles. The molecular weight excluding hydrogens is 208 g/mol. The molecule has 1 aliphatic rings. The predicted molar refractivity (Wildman–Crippen MR) is 60.1 cm³/mol. The molecule has 0 unspecified atom stereocenters. The van der Waals surface area contributed by atoms with Crippen molar-refractivity contribution in [3.63, 3.8) is 0 Å². The summed E-state index contributed by atoms with van der Waals surface area (Å²) in [6, 6.07) is 3.58. The Hall–Kier alpha value is -0.960. The minimum atomic E-state index is -0.393. The van der Waals surface area contributed by atoms with Crippen LogP contribution in [0.25, 0.3) is 0 Å². The summed E-state index contributed by atoms with van der Waals surface area (Å²) < 4.78 is 26.5. The number of hydrogen-bond donors (Lipinski definition) is 1. The van der Waals surface area contributed by atoms with Crippen molar-refractivity contribution in [1.29, 1.82) is 0 Å². The average molecular weight is 225 g/mol. The van der Waals surface area contributed by atoms with Gasteiger partial charge in [0.1, 0.15) is 11.6 Å². The largest absolute Gasteiger partial charge is 0.325 e. The molecule has 3 heteroatoms. The second-order valence-corrected chi connectivity index (χ2v) is 4.84. The Kier molecular flexibility index (Phi) is 3.24. The van der Waals surface area contributed by atoms with Crippen molar-refractivity contribution >= 4 is 0 Å². The van der Waals surface area contributed by atoms with Crippen molar-refractivity contribution in [3.05, 3.63) is 35.4 Å². The fourth-order valence-electron chi connectivity index (χ4n) is 2.49. The van der Waals surface area contributed by atoms with Crippen LogP contribution in [0.15, 0.2) is 18.2 Å². The molecule has 0 spiro atoms. The molecule has 16 heavy (non-hydrogen) atoms. The van der Waals surface area contributed by atoms with Crippen molar-refractivity contribution in [2.75, 3.05) is 0 Å². The van der Waals surface area contributed by atoms with Crippen LogP contribution in [0.3, 0.4) is 0 Å². The Morgan fingerprint density at radius 1 is 1.12 bits per heavy atom.